The zero-order chi connectivity index (χ0) is 45.3. The lowest BCUT2D eigenvalue weighted by atomic mass is 9.82. The number of hydrogen-bond acceptors (Lipinski definition) is 9. The molecule has 4 aromatic rings. The molecule has 3 amide bonds. The zero-order valence-electron chi connectivity index (χ0n) is 37.7. The maximum atomic E-state index is 15.4. The van der Waals surface area contributed by atoms with Gasteiger partial charge in [-0.05, 0) is 110 Å². The molecule has 4 aromatic carbocycles. The normalized spacial score (nSPS) is 23.9. The van der Waals surface area contributed by atoms with Gasteiger partial charge in [0.25, 0.3) is 5.91 Å². The highest BCUT2D eigenvalue weighted by molar-refractivity contribution is 6.91. The summed E-state index contributed by atoms with van der Waals surface area (Å²) in [6, 6.07) is 26.8. The van der Waals surface area contributed by atoms with E-state index in [9.17, 15) is 19.8 Å². The number of nitrogens with zero attached hydrogens (tertiary/aromatic N) is 3. The van der Waals surface area contributed by atoms with Crippen molar-refractivity contribution in [2.45, 2.75) is 94.9 Å². The third-order valence-corrected chi connectivity index (χ3v) is 18.5. The van der Waals surface area contributed by atoms with Gasteiger partial charge in [0.05, 0.1) is 64.4 Å². The topological polar surface area (TPSA) is 141 Å². The van der Waals surface area contributed by atoms with E-state index in [0.29, 0.717) is 55.9 Å². The van der Waals surface area contributed by atoms with Gasteiger partial charge < -0.3 is 39.5 Å². The number of carbonyl (C=O) groups excluding carboxylic acids is 3. The molecule has 1 saturated heterocycles. The van der Waals surface area contributed by atoms with Crippen LogP contribution < -0.4 is 29.8 Å². The fourth-order valence-electron chi connectivity index (χ4n) is 11.0. The van der Waals surface area contributed by atoms with Crippen LogP contribution in [0.2, 0.25) is 18.6 Å². The molecule has 6 atom stereocenters. The molecule has 3 N–H and O–H groups in total. The lowest BCUT2D eigenvalue weighted by Crippen LogP contribution is -2.52. The monoisotopic (exact) mass is 886 g/mol. The van der Waals surface area contributed by atoms with Gasteiger partial charge in [-0.2, -0.15) is 0 Å². The summed E-state index contributed by atoms with van der Waals surface area (Å²) in [5, 5.41) is 24.6. The van der Waals surface area contributed by atoms with Gasteiger partial charge in [-0.25, -0.2) is 0 Å². The minimum Gasteiger partial charge on any atom is -0.497 e. The largest absolute Gasteiger partial charge is 0.497 e. The second kappa shape index (κ2) is 18.7. The molecule has 64 heavy (non-hydrogen) atoms. The number of unbranched alkanes of at least 4 members (excludes halogenated alkanes) is 1. The van der Waals surface area contributed by atoms with Crippen LogP contribution in [-0.4, -0.2) is 99.1 Å². The van der Waals surface area contributed by atoms with Crippen molar-refractivity contribution in [3.63, 3.8) is 0 Å². The number of fused-ring (bicyclic) bond motifs is 4. The van der Waals surface area contributed by atoms with Crippen LogP contribution in [0.1, 0.15) is 55.4 Å². The Balaban J connectivity index is 1.23. The van der Waals surface area contributed by atoms with Crippen LogP contribution in [0.5, 0.6) is 11.5 Å². The molecule has 12 nitrogen and oxygen atoms in total. The molecule has 4 aliphatic heterocycles. The molecule has 0 radical (unpaired) electrons. The van der Waals surface area contributed by atoms with E-state index in [4.69, 9.17) is 14.2 Å². The van der Waals surface area contributed by atoms with Gasteiger partial charge in [0.1, 0.15) is 11.5 Å². The van der Waals surface area contributed by atoms with E-state index < -0.39 is 31.7 Å². The van der Waals surface area contributed by atoms with Crippen molar-refractivity contribution in [3.05, 3.63) is 120 Å². The Hall–Kier alpha value is -5.31. The van der Waals surface area contributed by atoms with Gasteiger partial charge in [0.15, 0.2) is 5.60 Å². The van der Waals surface area contributed by atoms with E-state index in [1.165, 1.54) is 0 Å². The smallest absolute Gasteiger partial charge is 0.264 e. The van der Waals surface area contributed by atoms with Crippen LogP contribution >= 0.6 is 0 Å². The molecule has 0 aromatic heterocycles. The Kier molecular flexibility index (Phi) is 13.2. The molecule has 0 saturated carbocycles. The molecular formula is C51H62N4O8Si. The lowest BCUT2D eigenvalue weighted by Gasteiger charge is -2.39. The molecule has 4 heterocycles. The second-order valence-electron chi connectivity index (χ2n) is 18.1. The summed E-state index contributed by atoms with van der Waals surface area (Å²) in [4.78, 5) is 50.2. The van der Waals surface area contributed by atoms with Gasteiger partial charge in [0, 0.05) is 36.9 Å². The van der Waals surface area contributed by atoms with Crippen molar-refractivity contribution in [2.24, 2.45) is 5.92 Å². The molecule has 0 aliphatic carbocycles. The minimum atomic E-state index is -2.63. The van der Waals surface area contributed by atoms with Gasteiger partial charge in [-0.1, -0.05) is 67.7 Å². The molecule has 4 aliphatic rings. The van der Waals surface area contributed by atoms with Crippen LogP contribution in [0, 0.1) is 5.92 Å². The summed E-state index contributed by atoms with van der Waals surface area (Å²) in [7, 11) is -0.985. The molecule has 8 rings (SSSR count). The first kappa shape index (κ1) is 45.3. The summed E-state index contributed by atoms with van der Waals surface area (Å²) in [6.45, 7) is 14.2. The van der Waals surface area contributed by atoms with E-state index in [2.05, 4.69) is 50.1 Å². The van der Waals surface area contributed by atoms with Crippen molar-refractivity contribution >= 4 is 48.0 Å². The molecule has 13 heteroatoms. The van der Waals surface area contributed by atoms with Crippen LogP contribution in [0.4, 0.5) is 17.1 Å². The Morgan fingerprint density at radius 3 is 2.39 bits per heavy atom. The predicted octanol–water partition coefficient (Wildman–Crippen LogP) is 6.13. The van der Waals surface area contributed by atoms with Crippen molar-refractivity contribution in [2.75, 3.05) is 49.8 Å². The van der Waals surface area contributed by atoms with E-state index in [0.717, 1.165) is 45.5 Å². The number of ether oxygens (including phenoxy) is 3. The van der Waals surface area contributed by atoms with Crippen molar-refractivity contribution in [1.29, 1.82) is 0 Å². The molecular weight excluding hydrogens is 825 g/mol. The summed E-state index contributed by atoms with van der Waals surface area (Å²) in [6.07, 6.45) is 3.44. The van der Waals surface area contributed by atoms with E-state index >= 15 is 4.79 Å². The standard InChI is InChI=1S/C51H62N4O8Si/c1-7-24-53-45-21-15-37(55-44-22-18-40(62-8-2)27-36(44)28-43(49(55)59)52-23-11-12-25-56)29-42(45)51(50(53)60)33(3)48(64(5,6)41-19-16-39(61-4)17-20-41)46(63-51)30-47(58)54-31-35-14-10-9-13-34(35)26-38(54)32-57/h7,9-10,13-22,27,29,33,38,43,46,48,52,56-57H,1,8,11-12,23-26,28,30-32H2,2-6H3/t33-,38-,43?,46+,48-,51+/m0/s1. The number of amides is 3. The van der Waals surface area contributed by atoms with E-state index in [1.54, 1.807) is 27.9 Å². The Morgan fingerprint density at radius 1 is 0.953 bits per heavy atom. The van der Waals surface area contributed by atoms with Crippen molar-refractivity contribution in [3.8, 4) is 11.5 Å². The number of aliphatic hydroxyl groups excluding tert-OH is 2. The number of anilines is 3. The fourth-order valence-corrected chi connectivity index (χ4v) is 15.0. The molecule has 1 spiro atoms. The summed E-state index contributed by atoms with van der Waals surface area (Å²) >= 11 is 0. The van der Waals surface area contributed by atoms with Gasteiger partial charge >= 0.3 is 0 Å². The predicted molar refractivity (Wildman–Crippen MR) is 251 cm³/mol. The molecule has 1 unspecified atom stereocenters. The van der Waals surface area contributed by atoms with Crippen molar-refractivity contribution < 1.29 is 38.8 Å². The number of benzene rings is 4. The average molecular weight is 887 g/mol. The maximum absolute atomic E-state index is 15.4. The Bertz CT molecular complexity index is 2390. The Labute approximate surface area is 377 Å². The quantitative estimate of drug-likeness (QED) is 0.0689. The SMILES string of the molecule is C=CCN1C(=O)[C@]2(O[C@H](CC(=O)N3Cc4ccccc4C[C@H]3CO)[C@@H]([Si](C)(C)c3ccc(OC)cc3)[C@@H]2C)c2cc(N3C(=O)C(NCCCCO)Cc4cc(OCC)ccc43)ccc21. The number of methoxy groups -OCH3 is 1. The van der Waals surface area contributed by atoms with Crippen molar-refractivity contribution in [1.82, 2.24) is 10.2 Å². The molecule has 1 fully saturated rings. The van der Waals surface area contributed by atoms with E-state index in [1.807, 2.05) is 73.7 Å². The summed E-state index contributed by atoms with van der Waals surface area (Å²) in [5.41, 5.74) is 4.08. The van der Waals surface area contributed by atoms with Gasteiger partial charge in [0.2, 0.25) is 11.8 Å². The fraction of sp³-hybridized carbons (Fsp3) is 0.431. The average Bonchev–Trinajstić information content (AvgIpc) is 3.73. The zero-order valence-corrected chi connectivity index (χ0v) is 38.7. The Morgan fingerprint density at radius 2 is 1.69 bits per heavy atom. The third-order valence-electron chi connectivity index (χ3n) is 14.2. The summed E-state index contributed by atoms with van der Waals surface area (Å²) < 4.78 is 18.8. The first-order chi connectivity index (χ1) is 30.9. The van der Waals surface area contributed by atoms with Gasteiger partial charge in [-0.15, -0.1) is 6.58 Å². The second-order valence-corrected chi connectivity index (χ2v) is 22.8. The highest BCUT2D eigenvalue weighted by atomic mass is 28.3. The number of carbonyl (C=O) groups is 3. The lowest BCUT2D eigenvalue weighted by molar-refractivity contribution is -0.150. The van der Waals surface area contributed by atoms with Gasteiger partial charge in [-0.3, -0.25) is 19.3 Å². The first-order valence-electron chi connectivity index (χ1n) is 22.7. The highest BCUT2D eigenvalue weighted by Crippen LogP contribution is 2.60. The molecule has 338 valence electrons. The van der Waals surface area contributed by atoms with Crippen LogP contribution in [0.3, 0.4) is 0 Å². The number of aliphatic hydroxyl groups is 2. The first-order valence-corrected chi connectivity index (χ1v) is 25.8. The van der Waals surface area contributed by atoms with Crippen LogP contribution in [0.25, 0.3) is 0 Å². The number of rotatable bonds is 16. The molecule has 0 bridgehead atoms. The number of nitrogens with one attached hydrogen (secondary N) is 1. The van der Waals surface area contributed by atoms with Crippen LogP contribution in [-0.2, 0) is 44.1 Å². The highest BCUT2D eigenvalue weighted by Gasteiger charge is 2.66. The third kappa shape index (κ3) is 7.95. The van der Waals surface area contributed by atoms with E-state index in [-0.39, 0.29) is 55.5 Å². The summed E-state index contributed by atoms with van der Waals surface area (Å²) in [5.74, 6) is 0.580. The number of hydrogen-bond donors (Lipinski definition) is 3. The van der Waals surface area contributed by atoms with Crippen LogP contribution in [0.15, 0.2) is 97.6 Å². The minimum absolute atomic E-state index is 0.0234. The maximum Gasteiger partial charge on any atom is 0.264 e.